The molecule has 0 aliphatic heterocycles. The molecule has 12 heteroatoms. The van der Waals surface area contributed by atoms with Gasteiger partial charge < -0.3 is 38.3 Å². The van der Waals surface area contributed by atoms with Crippen molar-refractivity contribution in [2.45, 2.75) is 70.1 Å². The molecular formula is C30H43N7O5. The lowest BCUT2D eigenvalue weighted by Crippen LogP contribution is -2.57. The smallest absolute Gasteiger partial charge is 0.326 e. The standard InChI is InChI=1S/C30H43N7O5/c1-19(2)16-24(36-26(38)22(31)17-20-10-5-3-6-11-20)28(40)35-23(14-9-15-34-30(32)33)27(39)37-25(29(41)42)18-21-12-7-4-8-13-21/h3-8,10-13,19,22-25H,9,14-18,31H2,1-2H3,(H,35,40)(H,36,38)(H,37,39)(H,41,42)(H4,32,33,34). The predicted octanol–water partition coefficient (Wildman–Crippen LogP) is 0.438. The monoisotopic (exact) mass is 581 g/mol. The van der Waals surface area contributed by atoms with Crippen LogP contribution in [0.2, 0.25) is 0 Å². The minimum atomic E-state index is -1.22. The highest BCUT2D eigenvalue weighted by molar-refractivity contribution is 5.94. The van der Waals surface area contributed by atoms with Crippen LogP contribution >= 0.6 is 0 Å². The molecule has 0 saturated heterocycles. The van der Waals surface area contributed by atoms with Crippen LogP contribution in [0, 0.1) is 5.92 Å². The molecule has 0 heterocycles. The molecule has 0 spiro atoms. The van der Waals surface area contributed by atoms with Gasteiger partial charge in [-0.1, -0.05) is 74.5 Å². The lowest BCUT2D eigenvalue weighted by molar-refractivity contribution is -0.142. The van der Waals surface area contributed by atoms with E-state index in [2.05, 4.69) is 20.9 Å². The number of benzene rings is 2. The zero-order valence-electron chi connectivity index (χ0n) is 24.2. The largest absolute Gasteiger partial charge is 0.480 e. The fraction of sp³-hybridized carbons (Fsp3) is 0.433. The summed E-state index contributed by atoms with van der Waals surface area (Å²) in [5.41, 5.74) is 18.5. The zero-order chi connectivity index (χ0) is 31.1. The molecular weight excluding hydrogens is 538 g/mol. The maximum atomic E-state index is 13.4. The summed E-state index contributed by atoms with van der Waals surface area (Å²) >= 11 is 0. The number of carboxylic acids is 1. The predicted molar refractivity (Wildman–Crippen MR) is 161 cm³/mol. The van der Waals surface area contributed by atoms with Crippen LogP contribution in [0.5, 0.6) is 0 Å². The van der Waals surface area contributed by atoms with Gasteiger partial charge in [0.1, 0.15) is 18.1 Å². The van der Waals surface area contributed by atoms with Crippen LogP contribution in [-0.2, 0) is 32.0 Å². The van der Waals surface area contributed by atoms with Crippen molar-refractivity contribution in [3.8, 4) is 0 Å². The fourth-order valence-corrected chi connectivity index (χ4v) is 4.31. The van der Waals surface area contributed by atoms with Crippen molar-refractivity contribution in [1.82, 2.24) is 16.0 Å². The first-order valence-electron chi connectivity index (χ1n) is 14.0. The van der Waals surface area contributed by atoms with Gasteiger partial charge in [-0.3, -0.25) is 19.4 Å². The van der Waals surface area contributed by atoms with Crippen molar-refractivity contribution < 1.29 is 24.3 Å². The maximum Gasteiger partial charge on any atom is 0.326 e. The SMILES string of the molecule is CC(C)CC(NC(=O)C(N)Cc1ccccc1)C(=O)NC(CCCN=C(N)N)C(=O)NC(Cc1ccccc1)C(=O)O. The van der Waals surface area contributed by atoms with Gasteiger partial charge >= 0.3 is 5.97 Å². The summed E-state index contributed by atoms with van der Waals surface area (Å²) in [6.45, 7) is 4.00. The lowest BCUT2D eigenvalue weighted by atomic mass is 10.0. The van der Waals surface area contributed by atoms with E-state index in [0.29, 0.717) is 12.8 Å². The van der Waals surface area contributed by atoms with Crippen LogP contribution in [0.25, 0.3) is 0 Å². The minimum absolute atomic E-state index is 0.0304. The zero-order valence-corrected chi connectivity index (χ0v) is 24.2. The summed E-state index contributed by atoms with van der Waals surface area (Å²) in [5, 5.41) is 17.7. The third-order valence-electron chi connectivity index (χ3n) is 6.45. The van der Waals surface area contributed by atoms with Gasteiger partial charge in [-0.05, 0) is 42.7 Å². The van der Waals surface area contributed by atoms with E-state index in [-0.39, 0.29) is 37.7 Å². The number of nitrogens with two attached hydrogens (primary N) is 3. The second-order valence-electron chi connectivity index (χ2n) is 10.6. The van der Waals surface area contributed by atoms with Gasteiger partial charge in [0, 0.05) is 13.0 Å². The van der Waals surface area contributed by atoms with E-state index in [1.54, 1.807) is 30.3 Å². The molecule has 0 aliphatic rings. The van der Waals surface area contributed by atoms with Gasteiger partial charge in [0.2, 0.25) is 17.7 Å². The lowest BCUT2D eigenvalue weighted by Gasteiger charge is -2.26. The number of aliphatic carboxylic acids is 1. The van der Waals surface area contributed by atoms with Gasteiger partial charge in [-0.2, -0.15) is 0 Å². The Bertz CT molecular complexity index is 1190. The topological polar surface area (TPSA) is 215 Å². The molecule has 0 aliphatic carbocycles. The number of nitrogens with one attached hydrogen (secondary N) is 3. The third-order valence-corrected chi connectivity index (χ3v) is 6.45. The van der Waals surface area contributed by atoms with E-state index >= 15 is 0 Å². The molecule has 228 valence electrons. The molecule has 4 atom stereocenters. The Balaban J connectivity index is 2.16. The number of hydrogen-bond acceptors (Lipinski definition) is 6. The molecule has 2 aromatic rings. The van der Waals surface area contributed by atoms with E-state index in [0.717, 1.165) is 11.1 Å². The van der Waals surface area contributed by atoms with Gasteiger partial charge in [-0.15, -0.1) is 0 Å². The third kappa shape index (κ3) is 12.4. The Kier molecular flexibility index (Phi) is 14.0. The Hall–Kier alpha value is -4.45. The molecule has 0 saturated carbocycles. The summed E-state index contributed by atoms with van der Waals surface area (Å²) in [6, 6.07) is 14.0. The first kappa shape index (κ1) is 33.8. The highest BCUT2D eigenvalue weighted by atomic mass is 16.4. The Morgan fingerprint density at radius 3 is 1.79 bits per heavy atom. The molecule has 10 N–H and O–H groups in total. The number of carbonyl (C=O) groups excluding carboxylic acids is 3. The van der Waals surface area contributed by atoms with E-state index in [1.165, 1.54) is 0 Å². The number of amides is 3. The fourth-order valence-electron chi connectivity index (χ4n) is 4.31. The van der Waals surface area contributed by atoms with E-state index < -0.39 is 47.9 Å². The molecule has 2 aromatic carbocycles. The highest BCUT2D eigenvalue weighted by Gasteiger charge is 2.30. The number of hydrogen-bond donors (Lipinski definition) is 7. The van der Waals surface area contributed by atoms with Crippen LogP contribution in [0.4, 0.5) is 0 Å². The second kappa shape index (κ2) is 17.4. The van der Waals surface area contributed by atoms with Crippen molar-refractivity contribution >= 4 is 29.7 Å². The number of guanidine groups is 1. The molecule has 0 fully saturated rings. The van der Waals surface area contributed by atoms with Crippen LogP contribution in [-0.4, -0.2) is 65.5 Å². The van der Waals surface area contributed by atoms with E-state index in [9.17, 15) is 24.3 Å². The van der Waals surface area contributed by atoms with Crippen molar-refractivity contribution in [3.63, 3.8) is 0 Å². The van der Waals surface area contributed by atoms with Crippen molar-refractivity contribution in [2.24, 2.45) is 28.1 Å². The van der Waals surface area contributed by atoms with Gasteiger partial charge in [-0.25, -0.2) is 4.79 Å². The number of carboxylic acid groups (broad SMARTS) is 1. The van der Waals surface area contributed by atoms with Crippen molar-refractivity contribution in [2.75, 3.05) is 6.54 Å². The average molecular weight is 582 g/mol. The molecule has 2 rings (SSSR count). The molecule has 42 heavy (non-hydrogen) atoms. The summed E-state index contributed by atoms with van der Waals surface area (Å²) in [4.78, 5) is 55.5. The van der Waals surface area contributed by atoms with E-state index in [4.69, 9.17) is 17.2 Å². The molecule has 4 unspecified atom stereocenters. The first-order valence-corrected chi connectivity index (χ1v) is 14.0. The second-order valence-corrected chi connectivity index (χ2v) is 10.6. The van der Waals surface area contributed by atoms with Gasteiger partial charge in [0.25, 0.3) is 0 Å². The molecule has 3 amide bonds. The summed E-state index contributed by atoms with van der Waals surface area (Å²) < 4.78 is 0. The Morgan fingerprint density at radius 2 is 1.26 bits per heavy atom. The molecule has 0 aromatic heterocycles. The number of aliphatic imine (C=N–C) groups is 1. The van der Waals surface area contributed by atoms with Crippen LogP contribution in [0.1, 0.15) is 44.2 Å². The number of carbonyl (C=O) groups is 4. The quantitative estimate of drug-likeness (QED) is 0.0788. The summed E-state index contributed by atoms with van der Waals surface area (Å²) in [6.07, 6.45) is 1.10. The van der Waals surface area contributed by atoms with Crippen molar-refractivity contribution in [3.05, 3.63) is 71.8 Å². The molecule has 0 bridgehead atoms. The van der Waals surface area contributed by atoms with E-state index in [1.807, 2.05) is 44.2 Å². The normalized spacial score (nSPS) is 13.7. The van der Waals surface area contributed by atoms with Crippen LogP contribution in [0.15, 0.2) is 65.7 Å². The maximum absolute atomic E-state index is 13.4. The van der Waals surface area contributed by atoms with Gasteiger partial charge in [0.15, 0.2) is 5.96 Å². The Morgan fingerprint density at radius 1 is 0.762 bits per heavy atom. The van der Waals surface area contributed by atoms with Crippen LogP contribution < -0.4 is 33.2 Å². The molecule has 12 nitrogen and oxygen atoms in total. The van der Waals surface area contributed by atoms with Gasteiger partial charge in [0.05, 0.1) is 6.04 Å². The number of rotatable bonds is 17. The van der Waals surface area contributed by atoms with Crippen LogP contribution in [0.3, 0.4) is 0 Å². The highest BCUT2D eigenvalue weighted by Crippen LogP contribution is 2.10. The first-order chi connectivity index (χ1) is 20.0. The summed E-state index contributed by atoms with van der Waals surface area (Å²) in [7, 11) is 0. The average Bonchev–Trinajstić information content (AvgIpc) is 2.94. The number of nitrogens with zero attached hydrogens (tertiary/aromatic N) is 1. The minimum Gasteiger partial charge on any atom is -0.480 e. The van der Waals surface area contributed by atoms with Crippen molar-refractivity contribution in [1.29, 1.82) is 0 Å². The Labute approximate surface area is 246 Å². The summed E-state index contributed by atoms with van der Waals surface area (Å²) in [5.74, 6) is -3.05. The molecule has 0 radical (unpaired) electrons.